The van der Waals surface area contributed by atoms with Crippen LogP contribution in [0.3, 0.4) is 0 Å². The molecule has 2 aromatic carbocycles. The highest BCUT2D eigenvalue weighted by molar-refractivity contribution is 9.10. The lowest BCUT2D eigenvalue weighted by atomic mass is 10.1. The second-order valence-electron chi connectivity index (χ2n) is 6.81. The Kier molecular flexibility index (Phi) is 6.16. The molecule has 1 fully saturated rings. The van der Waals surface area contributed by atoms with Crippen LogP contribution in [0.4, 0.5) is 30.2 Å². The first-order chi connectivity index (χ1) is 14.0. The fourth-order valence-corrected chi connectivity index (χ4v) is 3.52. The number of benzene rings is 2. The van der Waals surface area contributed by atoms with Crippen molar-refractivity contribution in [2.45, 2.75) is 19.5 Å². The van der Waals surface area contributed by atoms with Crippen LogP contribution in [0.5, 0.6) is 0 Å². The predicted octanol–water partition coefficient (Wildman–Crippen LogP) is 4.42. The summed E-state index contributed by atoms with van der Waals surface area (Å²) in [6.07, 6.45) is -4.69. The third kappa shape index (κ3) is 4.99. The molecule has 3 amide bonds. The molecule has 2 aromatic rings. The third-order valence-electron chi connectivity index (χ3n) is 4.53. The summed E-state index contributed by atoms with van der Waals surface area (Å²) in [4.78, 5) is 37.9. The normalized spacial score (nSPS) is 16.5. The van der Waals surface area contributed by atoms with Gasteiger partial charge in [0.05, 0.1) is 22.9 Å². The summed E-state index contributed by atoms with van der Waals surface area (Å²) in [5.74, 6) is -2.12. The Labute approximate surface area is 178 Å². The zero-order chi connectivity index (χ0) is 22.1. The van der Waals surface area contributed by atoms with Crippen LogP contribution in [0, 0.1) is 5.92 Å². The number of alkyl halides is 3. The van der Waals surface area contributed by atoms with Crippen LogP contribution in [-0.2, 0) is 20.6 Å². The fraction of sp³-hybridized carbons (Fsp3) is 0.250. The standard InChI is InChI=1S/C20H17BrF3N3O3/c1-11(28)25-16-6-5-13(20(22,23)24)8-17(16)26-19(30)12-7-18(29)27(10-12)15-4-2-3-14(21)9-15/h2-6,8-9,12H,7,10H2,1H3,(H,25,28)(H,26,30). The molecule has 1 heterocycles. The minimum atomic E-state index is -4.62. The first-order valence-corrected chi connectivity index (χ1v) is 9.69. The average molecular weight is 484 g/mol. The molecule has 30 heavy (non-hydrogen) atoms. The van der Waals surface area contributed by atoms with Crippen molar-refractivity contribution < 1.29 is 27.6 Å². The summed E-state index contributed by atoms with van der Waals surface area (Å²) in [6.45, 7) is 1.30. The third-order valence-corrected chi connectivity index (χ3v) is 5.02. The summed E-state index contributed by atoms with van der Waals surface area (Å²) in [5, 5.41) is 4.83. The van der Waals surface area contributed by atoms with Crippen LogP contribution in [0.1, 0.15) is 18.9 Å². The molecule has 1 aliphatic rings. The lowest BCUT2D eigenvalue weighted by Gasteiger charge is -2.18. The molecule has 0 saturated carbocycles. The quantitative estimate of drug-likeness (QED) is 0.675. The van der Waals surface area contributed by atoms with Gasteiger partial charge in [-0.3, -0.25) is 14.4 Å². The van der Waals surface area contributed by atoms with Crippen molar-refractivity contribution in [2.75, 3.05) is 22.1 Å². The first-order valence-electron chi connectivity index (χ1n) is 8.90. The Bertz CT molecular complexity index is 1010. The summed E-state index contributed by atoms with van der Waals surface area (Å²) >= 11 is 3.32. The van der Waals surface area contributed by atoms with E-state index in [1.165, 1.54) is 11.8 Å². The Balaban J connectivity index is 1.81. The number of amides is 3. The van der Waals surface area contributed by atoms with Gasteiger partial charge in [0.15, 0.2) is 0 Å². The molecule has 3 rings (SSSR count). The molecule has 1 saturated heterocycles. The van der Waals surface area contributed by atoms with E-state index in [9.17, 15) is 27.6 Å². The van der Waals surface area contributed by atoms with Crippen molar-refractivity contribution in [2.24, 2.45) is 5.92 Å². The second kappa shape index (κ2) is 8.47. The maximum absolute atomic E-state index is 13.1. The van der Waals surface area contributed by atoms with Crippen LogP contribution in [0.15, 0.2) is 46.9 Å². The number of hydrogen-bond acceptors (Lipinski definition) is 3. The molecule has 0 spiro atoms. The van der Waals surface area contributed by atoms with Gasteiger partial charge in [-0.05, 0) is 36.4 Å². The van der Waals surface area contributed by atoms with Gasteiger partial charge in [0.1, 0.15) is 0 Å². The van der Waals surface area contributed by atoms with Gasteiger partial charge < -0.3 is 15.5 Å². The molecule has 0 aliphatic carbocycles. The SMILES string of the molecule is CC(=O)Nc1ccc(C(F)(F)F)cc1NC(=O)C1CC(=O)N(c2cccc(Br)c2)C1. The molecule has 10 heteroatoms. The van der Waals surface area contributed by atoms with Crippen LogP contribution in [0.2, 0.25) is 0 Å². The molecular weight excluding hydrogens is 467 g/mol. The molecular formula is C20H17BrF3N3O3. The van der Waals surface area contributed by atoms with Crippen molar-refractivity contribution in [1.82, 2.24) is 0 Å². The smallest absolute Gasteiger partial charge is 0.325 e. The molecule has 0 aromatic heterocycles. The maximum Gasteiger partial charge on any atom is 0.416 e. The van der Waals surface area contributed by atoms with Gasteiger partial charge in [-0.25, -0.2) is 0 Å². The number of rotatable bonds is 4. The first kappa shape index (κ1) is 21.8. The number of halogens is 4. The number of nitrogens with zero attached hydrogens (tertiary/aromatic N) is 1. The van der Waals surface area contributed by atoms with E-state index in [4.69, 9.17) is 0 Å². The lowest BCUT2D eigenvalue weighted by molar-refractivity contribution is -0.137. The predicted molar refractivity (Wildman–Crippen MR) is 109 cm³/mol. The minimum Gasteiger partial charge on any atom is -0.325 e. The number of carbonyl (C=O) groups is 3. The van der Waals surface area contributed by atoms with Crippen molar-refractivity contribution in [1.29, 1.82) is 0 Å². The Morgan fingerprint density at radius 2 is 1.83 bits per heavy atom. The van der Waals surface area contributed by atoms with Gasteiger partial charge in [-0.15, -0.1) is 0 Å². The van der Waals surface area contributed by atoms with Crippen LogP contribution in [-0.4, -0.2) is 24.3 Å². The van der Waals surface area contributed by atoms with Crippen molar-refractivity contribution in [3.05, 3.63) is 52.5 Å². The van der Waals surface area contributed by atoms with Gasteiger partial charge in [-0.1, -0.05) is 22.0 Å². The summed E-state index contributed by atoms with van der Waals surface area (Å²) in [5.41, 5.74) is -0.497. The largest absolute Gasteiger partial charge is 0.416 e. The highest BCUT2D eigenvalue weighted by Gasteiger charge is 2.36. The maximum atomic E-state index is 13.1. The topological polar surface area (TPSA) is 78.5 Å². The van der Waals surface area contributed by atoms with Gasteiger partial charge in [0, 0.05) is 30.0 Å². The van der Waals surface area contributed by atoms with Gasteiger partial charge in [0.25, 0.3) is 0 Å². The number of carbonyl (C=O) groups excluding carboxylic acids is 3. The highest BCUT2D eigenvalue weighted by Crippen LogP contribution is 2.35. The van der Waals surface area contributed by atoms with E-state index < -0.39 is 29.5 Å². The van der Waals surface area contributed by atoms with E-state index in [1.54, 1.807) is 24.3 Å². The zero-order valence-electron chi connectivity index (χ0n) is 15.7. The van der Waals surface area contributed by atoms with Gasteiger partial charge in [-0.2, -0.15) is 13.2 Å². The molecule has 0 bridgehead atoms. The van der Waals surface area contributed by atoms with Gasteiger partial charge in [0.2, 0.25) is 17.7 Å². The average Bonchev–Trinajstić information content (AvgIpc) is 3.04. The van der Waals surface area contributed by atoms with Gasteiger partial charge >= 0.3 is 6.18 Å². The van der Waals surface area contributed by atoms with Crippen LogP contribution in [0.25, 0.3) is 0 Å². The Hall–Kier alpha value is -2.88. The Morgan fingerprint density at radius 1 is 1.10 bits per heavy atom. The van der Waals surface area contributed by atoms with E-state index in [2.05, 4.69) is 26.6 Å². The fourth-order valence-electron chi connectivity index (χ4n) is 3.13. The molecule has 1 aliphatic heterocycles. The molecule has 1 atom stereocenters. The summed E-state index contributed by atoms with van der Waals surface area (Å²) < 4.78 is 40.0. The van der Waals surface area contributed by atoms with E-state index in [0.29, 0.717) is 5.69 Å². The summed E-state index contributed by atoms with van der Waals surface area (Å²) in [6, 6.07) is 9.66. The monoisotopic (exact) mass is 483 g/mol. The zero-order valence-corrected chi connectivity index (χ0v) is 17.3. The minimum absolute atomic E-state index is 0.0389. The van der Waals surface area contributed by atoms with E-state index in [-0.39, 0.29) is 30.2 Å². The van der Waals surface area contributed by atoms with Crippen molar-refractivity contribution in [3.8, 4) is 0 Å². The molecule has 1 unspecified atom stereocenters. The highest BCUT2D eigenvalue weighted by atomic mass is 79.9. The second-order valence-corrected chi connectivity index (χ2v) is 7.73. The van der Waals surface area contributed by atoms with Crippen molar-refractivity contribution in [3.63, 3.8) is 0 Å². The molecule has 6 nitrogen and oxygen atoms in total. The molecule has 2 N–H and O–H groups in total. The number of hydrogen-bond donors (Lipinski definition) is 2. The van der Waals surface area contributed by atoms with Crippen LogP contribution >= 0.6 is 15.9 Å². The van der Waals surface area contributed by atoms with E-state index in [0.717, 1.165) is 22.7 Å². The summed E-state index contributed by atoms with van der Waals surface area (Å²) in [7, 11) is 0. The molecule has 0 radical (unpaired) electrons. The lowest BCUT2D eigenvalue weighted by Crippen LogP contribution is -2.28. The van der Waals surface area contributed by atoms with Crippen LogP contribution < -0.4 is 15.5 Å². The van der Waals surface area contributed by atoms with E-state index >= 15 is 0 Å². The number of nitrogens with one attached hydrogen (secondary N) is 2. The Morgan fingerprint density at radius 3 is 2.47 bits per heavy atom. The molecule has 158 valence electrons. The van der Waals surface area contributed by atoms with E-state index in [1.807, 2.05) is 0 Å². The number of anilines is 3. The van der Waals surface area contributed by atoms with Crippen molar-refractivity contribution >= 4 is 50.7 Å².